The minimum absolute atomic E-state index is 0.115. The quantitative estimate of drug-likeness (QED) is 0.482. The summed E-state index contributed by atoms with van der Waals surface area (Å²) in [4.78, 5) is 40.9. The standard InChI is InChI=1S/C31H33ClF3N3O6/c1-44-24-15-37(14-23(24)39)27(40)18-9-10-19-22(13-18)38(36-26(19)16-5-7-17(8-6-16)29(42)43)28(41)25-20(3-2-4-21(25)32)30(11-12-30)31(33,34)35/h2-5,17-18,23-24,39H,6-15H2,1H3,(H,42,43)/t17?,18?,23-,24-/m0/s1. The van der Waals surface area contributed by atoms with Crippen molar-refractivity contribution in [3.05, 3.63) is 57.4 Å². The topological polar surface area (TPSA) is 122 Å². The number of amides is 1. The number of hydrogen-bond acceptors (Lipinski definition) is 6. The maximum atomic E-state index is 14.3. The fraction of sp³-hybridized carbons (Fsp3) is 0.548. The van der Waals surface area contributed by atoms with E-state index in [4.69, 9.17) is 16.3 Å². The van der Waals surface area contributed by atoms with Crippen molar-refractivity contribution < 1.29 is 42.5 Å². The van der Waals surface area contributed by atoms with E-state index in [0.29, 0.717) is 43.5 Å². The lowest BCUT2D eigenvalue weighted by Crippen LogP contribution is -2.38. The van der Waals surface area contributed by atoms with Gasteiger partial charge in [0.05, 0.1) is 39.4 Å². The Bertz CT molecular complexity index is 1550. The van der Waals surface area contributed by atoms with E-state index in [2.05, 4.69) is 5.10 Å². The normalized spacial score (nSPS) is 26.2. The SMILES string of the molecule is CO[C@H]1CN(C(=O)C2CCc3c(C4=CCC(C(=O)O)CC4)nn(C(=O)c4c(Cl)cccc4C4(C(F)(F)F)CC4)c3C2)C[C@@H]1O. The summed E-state index contributed by atoms with van der Waals surface area (Å²) in [6.07, 6.45) is -2.37. The summed E-state index contributed by atoms with van der Waals surface area (Å²) in [6.45, 7) is 0.341. The number of carboxylic acid groups (broad SMARTS) is 1. The molecule has 13 heteroatoms. The number of nitrogens with zero attached hydrogens (tertiary/aromatic N) is 3. The summed E-state index contributed by atoms with van der Waals surface area (Å²) in [5.41, 5.74) is -0.175. The van der Waals surface area contributed by atoms with Gasteiger partial charge in [-0.15, -0.1) is 0 Å². The van der Waals surface area contributed by atoms with Gasteiger partial charge in [0.25, 0.3) is 5.91 Å². The predicted octanol–water partition coefficient (Wildman–Crippen LogP) is 4.41. The molecule has 2 heterocycles. The highest BCUT2D eigenvalue weighted by Gasteiger charge is 2.65. The van der Waals surface area contributed by atoms with Gasteiger partial charge in [-0.2, -0.15) is 23.0 Å². The van der Waals surface area contributed by atoms with Crippen molar-refractivity contribution in [2.75, 3.05) is 20.2 Å². The fourth-order valence-corrected chi connectivity index (χ4v) is 7.28. The van der Waals surface area contributed by atoms with Crippen molar-refractivity contribution in [2.45, 2.75) is 75.2 Å². The molecule has 6 rings (SSSR count). The Hall–Kier alpha value is -3.22. The van der Waals surface area contributed by atoms with E-state index < -0.39 is 47.5 Å². The number of aliphatic carboxylic acids is 1. The van der Waals surface area contributed by atoms with E-state index in [-0.39, 0.29) is 54.4 Å². The Morgan fingerprint density at radius 1 is 1.11 bits per heavy atom. The lowest BCUT2D eigenvalue weighted by Gasteiger charge is -2.27. The number of rotatable bonds is 6. The third-order valence-corrected chi connectivity index (χ3v) is 10.1. The number of methoxy groups -OCH3 is 1. The molecule has 1 saturated carbocycles. The molecule has 44 heavy (non-hydrogen) atoms. The predicted molar refractivity (Wildman–Crippen MR) is 152 cm³/mol. The first-order chi connectivity index (χ1) is 20.9. The highest BCUT2D eigenvalue weighted by molar-refractivity contribution is 6.34. The molecule has 2 N–H and O–H groups in total. The first kappa shape index (κ1) is 30.8. The zero-order valence-corrected chi connectivity index (χ0v) is 24.8. The van der Waals surface area contributed by atoms with E-state index in [1.807, 2.05) is 0 Å². The van der Waals surface area contributed by atoms with Crippen molar-refractivity contribution >= 4 is 35.0 Å². The number of carboxylic acids is 1. The third-order valence-electron chi connectivity index (χ3n) is 9.77. The van der Waals surface area contributed by atoms with Crippen LogP contribution >= 0.6 is 11.6 Å². The van der Waals surface area contributed by atoms with E-state index >= 15 is 0 Å². The van der Waals surface area contributed by atoms with Crippen LogP contribution in [-0.2, 0) is 32.6 Å². The van der Waals surface area contributed by atoms with Crippen LogP contribution in [0.1, 0.15) is 71.4 Å². The number of likely N-dealkylation sites (tertiary alicyclic amines) is 1. The second kappa shape index (κ2) is 11.3. The lowest BCUT2D eigenvalue weighted by atomic mass is 9.82. The summed E-state index contributed by atoms with van der Waals surface area (Å²) >= 11 is 6.46. The molecule has 0 bridgehead atoms. The number of benzene rings is 1. The van der Waals surface area contributed by atoms with Gasteiger partial charge in [0.15, 0.2) is 0 Å². The molecule has 4 atom stereocenters. The highest BCUT2D eigenvalue weighted by Crippen LogP contribution is 2.60. The fourth-order valence-electron chi connectivity index (χ4n) is 7.03. The summed E-state index contributed by atoms with van der Waals surface area (Å²) in [5, 5.41) is 24.3. The van der Waals surface area contributed by atoms with Gasteiger partial charge in [0.2, 0.25) is 5.91 Å². The van der Waals surface area contributed by atoms with Gasteiger partial charge >= 0.3 is 12.1 Å². The van der Waals surface area contributed by atoms with Crippen LogP contribution in [0.2, 0.25) is 5.02 Å². The molecule has 1 saturated heterocycles. The number of fused-ring (bicyclic) bond motifs is 1. The van der Waals surface area contributed by atoms with Crippen LogP contribution in [0.4, 0.5) is 13.2 Å². The summed E-state index contributed by atoms with van der Waals surface area (Å²) in [5.74, 6) is -2.97. The number of halogens is 4. The van der Waals surface area contributed by atoms with Crippen molar-refractivity contribution in [3.63, 3.8) is 0 Å². The largest absolute Gasteiger partial charge is 0.481 e. The number of ether oxygens (including phenoxy) is 1. The first-order valence-corrected chi connectivity index (χ1v) is 15.2. The van der Waals surface area contributed by atoms with Crippen LogP contribution in [0.5, 0.6) is 0 Å². The molecule has 1 aromatic heterocycles. The van der Waals surface area contributed by atoms with Crippen LogP contribution in [0.15, 0.2) is 24.3 Å². The molecule has 2 fully saturated rings. The van der Waals surface area contributed by atoms with Crippen LogP contribution in [0.3, 0.4) is 0 Å². The maximum absolute atomic E-state index is 14.3. The number of β-amino-alcohol motifs (C(OH)–C–C–N with tert-alkyl or cyclic N) is 1. The number of aliphatic hydroxyl groups is 1. The number of carbonyl (C=O) groups excluding carboxylic acids is 2. The second-order valence-corrected chi connectivity index (χ2v) is 12.7. The Kier molecular flexibility index (Phi) is 7.90. The molecule has 2 aromatic rings. The highest BCUT2D eigenvalue weighted by atomic mass is 35.5. The molecule has 236 valence electrons. The zero-order valence-electron chi connectivity index (χ0n) is 24.1. The summed E-state index contributed by atoms with van der Waals surface area (Å²) in [6, 6.07) is 4.08. The Labute approximate surface area is 256 Å². The Morgan fingerprint density at radius 2 is 1.84 bits per heavy atom. The van der Waals surface area contributed by atoms with Gasteiger partial charge in [-0.25, -0.2) is 0 Å². The van der Waals surface area contributed by atoms with Gasteiger partial charge in [-0.1, -0.05) is 29.8 Å². The van der Waals surface area contributed by atoms with Crippen molar-refractivity contribution in [2.24, 2.45) is 11.8 Å². The molecule has 2 unspecified atom stereocenters. The lowest BCUT2D eigenvalue weighted by molar-refractivity contribution is -0.160. The number of allylic oxidation sites excluding steroid dienone is 2. The molecular weight excluding hydrogens is 603 g/mol. The van der Waals surface area contributed by atoms with Gasteiger partial charge < -0.3 is 19.8 Å². The monoisotopic (exact) mass is 635 g/mol. The number of carbonyl (C=O) groups is 3. The smallest absolute Gasteiger partial charge is 0.398 e. The van der Waals surface area contributed by atoms with E-state index in [9.17, 15) is 37.8 Å². The minimum Gasteiger partial charge on any atom is -0.481 e. The van der Waals surface area contributed by atoms with Gasteiger partial charge in [-0.3, -0.25) is 14.4 Å². The van der Waals surface area contributed by atoms with E-state index in [1.165, 1.54) is 25.3 Å². The number of alkyl halides is 3. The van der Waals surface area contributed by atoms with Gasteiger partial charge in [0, 0.05) is 38.1 Å². The van der Waals surface area contributed by atoms with E-state index in [1.54, 1.807) is 11.0 Å². The zero-order chi connectivity index (χ0) is 31.6. The number of aliphatic hydroxyl groups excluding tert-OH is 1. The van der Waals surface area contributed by atoms with Gasteiger partial charge in [0.1, 0.15) is 6.10 Å². The Morgan fingerprint density at radius 3 is 2.43 bits per heavy atom. The second-order valence-electron chi connectivity index (χ2n) is 12.3. The van der Waals surface area contributed by atoms with Crippen LogP contribution < -0.4 is 0 Å². The Balaban J connectivity index is 1.41. The summed E-state index contributed by atoms with van der Waals surface area (Å²) < 4.78 is 49.1. The van der Waals surface area contributed by atoms with Crippen LogP contribution in [0, 0.1) is 11.8 Å². The summed E-state index contributed by atoms with van der Waals surface area (Å²) in [7, 11) is 1.46. The van der Waals surface area contributed by atoms with Gasteiger partial charge in [-0.05, 0) is 62.1 Å². The molecule has 1 aliphatic heterocycles. The molecule has 9 nitrogen and oxygen atoms in total. The minimum atomic E-state index is -4.58. The van der Waals surface area contributed by atoms with Crippen molar-refractivity contribution in [1.82, 2.24) is 14.7 Å². The molecule has 0 radical (unpaired) electrons. The average Bonchev–Trinajstić information content (AvgIpc) is 3.62. The van der Waals surface area contributed by atoms with Crippen molar-refractivity contribution in [3.8, 4) is 0 Å². The molecule has 3 aliphatic carbocycles. The maximum Gasteiger partial charge on any atom is 0.398 e. The van der Waals surface area contributed by atoms with Crippen molar-refractivity contribution in [1.29, 1.82) is 0 Å². The van der Waals surface area contributed by atoms with Crippen LogP contribution in [-0.4, -0.2) is 81.3 Å². The molecular formula is C31H33ClF3N3O6. The van der Waals surface area contributed by atoms with E-state index in [0.717, 1.165) is 15.8 Å². The molecule has 4 aliphatic rings. The molecule has 1 aromatic carbocycles. The first-order valence-electron chi connectivity index (χ1n) is 14.8. The molecule has 0 spiro atoms. The van der Waals surface area contributed by atoms with Crippen LogP contribution in [0.25, 0.3) is 5.57 Å². The third kappa shape index (κ3) is 5.14. The number of hydrogen-bond donors (Lipinski definition) is 2. The average molecular weight is 636 g/mol. The molecule has 1 amide bonds. The number of aromatic nitrogens is 2.